The molecule has 1 saturated heterocycles. The molecule has 0 aliphatic carbocycles. The second kappa shape index (κ2) is 5.88. The first-order chi connectivity index (χ1) is 9.50. The molecule has 0 aromatic carbocycles. The molecule has 1 aromatic heterocycles. The van der Waals surface area contributed by atoms with E-state index in [1.54, 1.807) is 17.3 Å². The Hall–Kier alpha value is -1.47. The summed E-state index contributed by atoms with van der Waals surface area (Å²) in [6.07, 6.45) is 1.37. The van der Waals surface area contributed by atoms with Crippen molar-refractivity contribution in [1.82, 2.24) is 15.2 Å². The fourth-order valence-corrected chi connectivity index (χ4v) is 3.22. The van der Waals surface area contributed by atoms with Crippen LogP contribution in [0.5, 0.6) is 0 Å². The number of likely N-dealkylation sites (tertiary alicyclic amines) is 1. The Balaban J connectivity index is 2.05. The monoisotopic (exact) mass is 296 g/mol. The Bertz CT molecular complexity index is 516. The van der Waals surface area contributed by atoms with Gasteiger partial charge in [0, 0.05) is 31.9 Å². The Morgan fingerprint density at radius 1 is 1.60 bits per heavy atom. The van der Waals surface area contributed by atoms with E-state index in [2.05, 4.69) is 10.3 Å². The third kappa shape index (κ3) is 2.83. The summed E-state index contributed by atoms with van der Waals surface area (Å²) < 4.78 is 0. The maximum absolute atomic E-state index is 12.4. The number of rotatable bonds is 4. The van der Waals surface area contributed by atoms with E-state index in [9.17, 15) is 9.59 Å². The number of thiazole rings is 1. The van der Waals surface area contributed by atoms with Gasteiger partial charge < -0.3 is 16.0 Å². The molecule has 20 heavy (non-hydrogen) atoms. The van der Waals surface area contributed by atoms with Gasteiger partial charge in [-0.3, -0.25) is 9.59 Å². The molecule has 0 radical (unpaired) electrons. The molecule has 2 heterocycles. The van der Waals surface area contributed by atoms with Crippen LogP contribution >= 0.6 is 11.3 Å². The number of nitrogens with two attached hydrogens (primary N) is 1. The van der Waals surface area contributed by atoms with Crippen LogP contribution in [0.15, 0.2) is 5.38 Å². The quantitative estimate of drug-likeness (QED) is 0.833. The molecule has 1 aromatic rings. The molecule has 2 amide bonds. The van der Waals surface area contributed by atoms with Crippen molar-refractivity contribution in [2.45, 2.75) is 19.8 Å². The van der Waals surface area contributed by atoms with Gasteiger partial charge in [-0.15, -0.1) is 11.3 Å². The van der Waals surface area contributed by atoms with Crippen LogP contribution in [0.2, 0.25) is 0 Å². The molecule has 3 N–H and O–H groups in total. The van der Waals surface area contributed by atoms with Crippen LogP contribution in [-0.4, -0.2) is 48.4 Å². The van der Waals surface area contributed by atoms with Crippen molar-refractivity contribution in [3.8, 4) is 0 Å². The van der Waals surface area contributed by atoms with Gasteiger partial charge in [0.2, 0.25) is 5.91 Å². The second-order valence-corrected chi connectivity index (χ2v) is 6.22. The molecule has 1 unspecified atom stereocenters. The van der Waals surface area contributed by atoms with Gasteiger partial charge in [0.25, 0.3) is 5.91 Å². The van der Waals surface area contributed by atoms with Gasteiger partial charge in [0.05, 0.1) is 10.4 Å². The molecule has 6 nitrogen and oxygen atoms in total. The molecule has 1 fully saturated rings. The van der Waals surface area contributed by atoms with Gasteiger partial charge in [0.1, 0.15) is 5.69 Å². The Kier molecular flexibility index (Phi) is 4.39. The highest BCUT2D eigenvalue weighted by atomic mass is 32.1. The van der Waals surface area contributed by atoms with E-state index in [0.29, 0.717) is 38.2 Å². The van der Waals surface area contributed by atoms with Crippen molar-refractivity contribution in [2.24, 2.45) is 11.1 Å². The molecular formula is C13H20N4O2S. The predicted octanol–water partition coefficient (Wildman–Crippen LogP) is 0.243. The lowest BCUT2D eigenvalue weighted by atomic mass is 9.89. The van der Waals surface area contributed by atoms with Gasteiger partial charge in [-0.1, -0.05) is 0 Å². The van der Waals surface area contributed by atoms with Crippen molar-refractivity contribution >= 4 is 23.2 Å². The molecule has 0 spiro atoms. The van der Waals surface area contributed by atoms with Crippen molar-refractivity contribution < 1.29 is 9.59 Å². The summed E-state index contributed by atoms with van der Waals surface area (Å²) in [6, 6.07) is 0. The zero-order valence-electron chi connectivity index (χ0n) is 11.8. The van der Waals surface area contributed by atoms with Crippen LogP contribution in [-0.2, 0) is 11.2 Å². The number of hydrogen-bond acceptors (Lipinski definition) is 5. The third-order valence-electron chi connectivity index (χ3n) is 3.66. The largest absolute Gasteiger partial charge is 0.359 e. The summed E-state index contributed by atoms with van der Waals surface area (Å²) >= 11 is 1.45. The highest BCUT2D eigenvalue weighted by molar-refractivity contribution is 7.09. The van der Waals surface area contributed by atoms with Crippen LogP contribution in [0.1, 0.15) is 28.8 Å². The zero-order chi connectivity index (χ0) is 14.8. The summed E-state index contributed by atoms with van der Waals surface area (Å²) in [6.45, 7) is 3.45. The van der Waals surface area contributed by atoms with Crippen LogP contribution in [0, 0.1) is 5.41 Å². The molecular weight excluding hydrogens is 276 g/mol. The van der Waals surface area contributed by atoms with Gasteiger partial charge >= 0.3 is 0 Å². The average Bonchev–Trinajstić information content (AvgIpc) is 3.05. The summed E-state index contributed by atoms with van der Waals surface area (Å²) in [4.78, 5) is 30.2. The van der Waals surface area contributed by atoms with Crippen LogP contribution in [0.3, 0.4) is 0 Å². The van der Waals surface area contributed by atoms with E-state index in [-0.39, 0.29) is 11.8 Å². The van der Waals surface area contributed by atoms with E-state index in [0.717, 1.165) is 5.01 Å². The van der Waals surface area contributed by atoms with Crippen LogP contribution in [0.25, 0.3) is 0 Å². The number of carbonyl (C=O) groups is 2. The van der Waals surface area contributed by atoms with Gasteiger partial charge in [-0.2, -0.15) is 0 Å². The number of carbonyl (C=O) groups excluding carboxylic acids is 2. The predicted molar refractivity (Wildman–Crippen MR) is 77.6 cm³/mol. The number of nitrogens with zero attached hydrogens (tertiary/aromatic N) is 2. The maximum atomic E-state index is 12.4. The standard InChI is InChI=1S/C13H20N4O2S/c1-13(12(19)15-2)4-6-17(8-13)11(18)9-7-20-10(16-9)3-5-14/h7H,3-6,8,14H2,1-2H3,(H,15,19). The number of aromatic nitrogens is 1. The second-order valence-electron chi connectivity index (χ2n) is 5.28. The lowest BCUT2D eigenvalue weighted by molar-refractivity contribution is -0.128. The Morgan fingerprint density at radius 3 is 3.00 bits per heavy atom. The molecule has 2 rings (SSSR count). The fourth-order valence-electron chi connectivity index (χ4n) is 2.43. The Labute approximate surface area is 122 Å². The Morgan fingerprint density at radius 2 is 2.35 bits per heavy atom. The summed E-state index contributed by atoms with van der Waals surface area (Å²) in [7, 11) is 1.62. The summed E-state index contributed by atoms with van der Waals surface area (Å²) in [5, 5.41) is 5.31. The van der Waals surface area contributed by atoms with Crippen molar-refractivity contribution in [2.75, 3.05) is 26.7 Å². The van der Waals surface area contributed by atoms with Gasteiger partial charge in [-0.05, 0) is 19.9 Å². The molecule has 1 atom stereocenters. The first kappa shape index (κ1) is 14.9. The highest BCUT2D eigenvalue weighted by Gasteiger charge is 2.41. The molecule has 0 bridgehead atoms. The van der Waals surface area contributed by atoms with Gasteiger partial charge in [0.15, 0.2) is 0 Å². The molecule has 7 heteroatoms. The van der Waals surface area contributed by atoms with E-state index in [1.165, 1.54) is 11.3 Å². The SMILES string of the molecule is CNC(=O)C1(C)CCN(C(=O)c2csc(CCN)n2)C1. The number of nitrogens with one attached hydrogen (secondary N) is 1. The molecule has 110 valence electrons. The van der Waals surface area contributed by atoms with E-state index < -0.39 is 5.41 Å². The van der Waals surface area contributed by atoms with Crippen molar-refractivity contribution in [3.05, 3.63) is 16.1 Å². The van der Waals surface area contributed by atoms with Crippen LogP contribution in [0.4, 0.5) is 0 Å². The van der Waals surface area contributed by atoms with E-state index >= 15 is 0 Å². The first-order valence-electron chi connectivity index (χ1n) is 6.66. The topological polar surface area (TPSA) is 88.3 Å². The average molecular weight is 296 g/mol. The normalized spacial score (nSPS) is 22.1. The highest BCUT2D eigenvalue weighted by Crippen LogP contribution is 2.31. The van der Waals surface area contributed by atoms with Crippen molar-refractivity contribution in [1.29, 1.82) is 0 Å². The van der Waals surface area contributed by atoms with Crippen LogP contribution < -0.4 is 11.1 Å². The molecule has 1 aliphatic rings. The zero-order valence-corrected chi connectivity index (χ0v) is 12.6. The molecule has 1 aliphatic heterocycles. The maximum Gasteiger partial charge on any atom is 0.273 e. The number of hydrogen-bond donors (Lipinski definition) is 2. The molecule has 0 saturated carbocycles. The summed E-state index contributed by atoms with van der Waals surface area (Å²) in [5.41, 5.74) is 5.44. The van der Waals surface area contributed by atoms with E-state index in [4.69, 9.17) is 5.73 Å². The number of amides is 2. The minimum Gasteiger partial charge on any atom is -0.359 e. The smallest absolute Gasteiger partial charge is 0.273 e. The fraction of sp³-hybridized carbons (Fsp3) is 0.615. The summed E-state index contributed by atoms with van der Waals surface area (Å²) in [5.74, 6) is -0.118. The van der Waals surface area contributed by atoms with E-state index in [1.807, 2.05) is 6.92 Å². The third-order valence-corrected chi connectivity index (χ3v) is 4.57. The minimum atomic E-state index is -0.499. The van der Waals surface area contributed by atoms with Gasteiger partial charge in [-0.25, -0.2) is 4.98 Å². The first-order valence-corrected chi connectivity index (χ1v) is 7.54. The minimum absolute atomic E-state index is 0.0186. The lowest BCUT2D eigenvalue weighted by Gasteiger charge is -2.22. The lowest BCUT2D eigenvalue weighted by Crippen LogP contribution is -2.40. The van der Waals surface area contributed by atoms with Crippen molar-refractivity contribution in [3.63, 3.8) is 0 Å².